The molecule has 18 heavy (non-hydrogen) atoms. The molecule has 0 aliphatic carbocycles. The van der Waals surface area contributed by atoms with E-state index in [0.29, 0.717) is 16.8 Å². The van der Waals surface area contributed by atoms with Crippen LogP contribution in [0.15, 0.2) is 24.3 Å². The SMILES string of the molecule is O=S(=O)(Cc1cccc(Cl)c1)N1CC2CC1CS2. The van der Waals surface area contributed by atoms with E-state index in [1.165, 1.54) is 0 Å². The maximum absolute atomic E-state index is 12.4. The zero-order valence-corrected chi connectivity index (χ0v) is 12.1. The molecule has 2 unspecified atom stereocenters. The van der Waals surface area contributed by atoms with Crippen molar-refractivity contribution in [2.45, 2.75) is 23.5 Å². The molecule has 0 N–H and O–H groups in total. The smallest absolute Gasteiger partial charge is 0.212 e. The zero-order valence-electron chi connectivity index (χ0n) is 9.75. The van der Waals surface area contributed by atoms with Crippen LogP contribution in [0.3, 0.4) is 0 Å². The van der Waals surface area contributed by atoms with Crippen molar-refractivity contribution in [1.82, 2.24) is 4.31 Å². The molecule has 2 aliphatic rings. The third kappa shape index (κ3) is 2.41. The van der Waals surface area contributed by atoms with Crippen molar-refractivity contribution in [3.8, 4) is 0 Å². The minimum atomic E-state index is -3.20. The second kappa shape index (κ2) is 4.71. The Hall–Kier alpha value is -0.230. The Labute approximate surface area is 117 Å². The van der Waals surface area contributed by atoms with Gasteiger partial charge in [-0.05, 0) is 24.1 Å². The van der Waals surface area contributed by atoms with Crippen LogP contribution < -0.4 is 0 Å². The summed E-state index contributed by atoms with van der Waals surface area (Å²) in [5, 5.41) is 1.09. The molecule has 3 rings (SSSR count). The number of halogens is 1. The van der Waals surface area contributed by atoms with E-state index in [0.717, 1.165) is 17.7 Å². The minimum Gasteiger partial charge on any atom is -0.212 e. The summed E-state index contributed by atoms with van der Waals surface area (Å²) in [6.45, 7) is 0.679. The number of rotatable bonds is 3. The Morgan fingerprint density at radius 1 is 1.44 bits per heavy atom. The first-order valence-electron chi connectivity index (χ1n) is 5.90. The Morgan fingerprint density at radius 3 is 2.89 bits per heavy atom. The van der Waals surface area contributed by atoms with Gasteiger partial charge in [-0.2, -0.15) is 16.1 Å². The second-order valence-corrected chi connectivity index (χ2v) is 8.49. The van der Waals surface area contributed by atoms with Crippen LogP contribution in [-0.4, -0.2) is 36.3 Å². The molecule has 98 valence electrons. The summed E-state index contributed by atoms with van der Waals surface area (Å²) in [5.41, 5.74) is 0.762. The molecule has 1 aromatic rings. The van der Waals surface area contributed by atoms with E-state index in [2.05, 4.69) is 0 Å². The molecule has 2 saturated heterocycles. The Kier molecular flexibility index (Phi) is 3.34. The van der Waals surface area contributed by atoms with Crippen molar-refractivity contribution in [3.63, 3.8) is 0 Å². The van der Waals surface area contributed by atoms with Crippen LogP contribution in [-0.2, 0) is 15.8 Å². The minimum absolute atomic E-state index is 0.0570. The highest BCUT2D eigenvalue weighted by atomic mass is 35.5. The van der Waals surface area contributed by atoms with Gasteiger partial charge in [0.1, 0.15) is 0 Å². The molecule has 2 atom stereocenters. The summed E-state index contributed by atoms with van der Waals surface area (Å²) in [7, 11) is -3.20. The van der Waals surface area contributed by atoms with Crippen molar-refractivity contribution < 1.29 is 8.42 Å². The Balaban J connectivity index is 1.79. The summed E-state index contributed by atoms with van der Waals surface area (Å²) < 4.78 is 26.4. The van der Waals surface area contributed by atoms with E-state index in [9.17, 15) is 8.42 Å². The summed E-state index contributed by atoms with van der Waals surface area (Å²) >= 11 is 7.78. The second-order valence-electron chi connectivity index (χ2n) is 4.80. The normalized spacial score (nSPS) is 27.8. The quantitative estimate of drug-likeness (QED) is 0.860. The van der Waals surface area contributed by atoms with E-state index in [1.54, 1.807) is 22.5 Å². The molecule has 0 radical (unpaired) electrons. The van der Waals surface area contributed by atoms with Crippen molar-refractivity contribution >= 4 is 33.4 Å². The first-order chi connectivity index (χ1) is 8.54. The maximum Gasteiger partial charge on any atom is 0.218 e. The number of thioether (sulfide) groups is 1. The van der Waals surface area contributed by atoms with Crippen LogP contribution in [0.25, 0.3) is 0 Å². The maximum atomic E-state index is 12.4. The number of nitrogens with zero attached hydrogens (tertiary/aromatic N) is 1. The third-order valence-electron chi connectivity index (χ3n) is 3.45. The largest absolute Gasteiger partial charge is 0.218 e. The predicted octanol–water partition coefficient (Wildman–Crippen LogP) is 2.36. The van der Waals surface area contributed by atoms with Gasteiger partial charge in [-0.1, -0.05) is 23.7 Å². The molecule has 3 nitrogen and oxygen atoms in total. The number of sulfonamides is 1. The monoisotopic (exact) mass is 303 g/mol. The first kappa shape index (κ1) is 12.8. The van der Waals surface area contributed by atoms with Crippen LogP contribution in [0, 0.1) is 0 Å². The lowest BCUT2D eigenvalue weighted by atomic mass is 10.2. The lowest BCUT2D eigenvalue weighted by Gasteiger charge is -2.25. The summed E-state index contributed by atoms with van der Waals surface area (Å²) in [6, 6.07) is 7.30. The molecule has 0 aromatic heterocycles. The van der Waals surface area contributed by atoms with E-state index in [1.807, 2.05) is 17.8 Å². The molecular formula is C12H14ClNO2S2. The highest BCUT2D eigenvalue weighted by Gasteiger charge is 2.44. The van der Waals surface area contributed by atoms with Crippen LogP contribution in [0.2, 0.25) is 5.02 Å². The number of fused-ring (bicyclic) bond motifs is 2. The fourth-order valence-electron chi connectivity index (χ4n) is 2.63. The fraction of sp³-hybridized carbons (Fsp3) is 0.500. The molecule has 0 amide bonds. The fourth-order valence-corrected chi connectivity index (χ4v) is 6.25. The Morgan fingerprint density at radius 2 is 2.28 bits per heavy atom. The third-order valence-corrected chi connectivity index (χ3v) is 6.93. The first-order valence-corrected chi connectivity index (χ1v) is 8.94. The van der Waals surface area contributed by atoms with Gasteiger partial charge in [0, 0.05) is 28.6 Å². The van der Waals surface area contributed by atoms with E-state index >= 15 is 0 Å². The molecule has 0 saturated carbocycles. The standard InChI is InChI=1S/C12H14ClNO2S2/c13-10-3-1-2-9(4-10)8-18(15,16)14-6-12-5-11(14)7-17-12/h1-4,11-12H,5-8H2. The molecule has 0 spiro atoms. The van der Waals surface area contributed by atoms with Gasteiger partial charge in [-0.25, -0.2) is 8.42 Å². The summed E-state index contributed by atoms with van der Waals surface area (Å²) in [4.78, 5) is 0. The summed E-state index contributed by atoms with van der Waals surface area (Å²) in [5.74, 6) is 1.00. The lowest BCUT2D eigenvalue weighted by Crippen LogP contribution is -2.39. The predicted molar refractivity (Wildman–Crippen MR) is 75.4 cm³/mol. The molecule has 2 aliphatic heterocycles. The molecule has 2 heterocycles. The van der Waals surface area contributed by atoms with Crippen LogP contribution >= 0.6 is 23.4 Å². The average molecular weight is 304 g/mol. The molecule has 2 fully saturated rings. The Bertz CT molecular complexity index is 561. The van der Waals surface area contributed by atoms with E-state index in [4.69, 9.17) is 11.6 Å². The molecule has 2 bridgehead atoms. The molecule has 6 heteroatoms. The average Bonchev–Trinajstić information content (AvgIpc) is 2.90. The van der Waals surface area contributed by atoms with Gasteiger partial charge in [-0.3, -0.25) is 0 Å². The van der Waals surface area contributed by atoms with Crippen molar-refractivity contribution in [1.29, 1.82) is 0 Å². The highest BCUT2D eigenvalue weighted by molar-refractivity contribution is 8.00. The van der Waals surface area contributed by atoms with Gasteiger partial charge >= 0.3 is 0 Å². The summed E-state index contributed by atoms with van der Waals surface area (Å²) in [6.07, 6.45) is 1.01. The zero-order chi connectivity index (χ0) is 12.8. The van der Waals surface area contributed by atoms with Crippen LogP contribution in [0.4, 0.5) is 0 Å². The number of hydrogen-bond acceptors (Lipinski definition) is 3. The number of hydrogen-bond donors (Lipinski definition) is 0. The van der Waals surface area contributed by atoms with Gasteiger partial charge in [0.25, 0.3) is 0 Å². The van der Waals surface area contributed by atoms with Gasteiger partial charge in [0.15, 0.2) is 0 Å². The van der Waals surface area contributed by atoms with Crippen LogP contribution in [0.1, 0.15) is 12.0 Å². The van der Waals surface area contributed by atoms with E-state index < -0.39 is 10.0 Å². The highest BCUT2D eigenvalue weighted by Crippen LogP contribution is 2.39. The van der Waals surface area contributed by atoms with Crippen molar-refractivity contribution in [3.05, 3.63) is 34.9 Å². The van der Waals surface area contributed by atoms with Crippen molar-refractivity contribution in [2.75, 3.05) is 12.3 Å². The van der Waals surface area contributed by atoms with Gasteiger partial charge in [0.2, 0.25) is 10.0 Å². The molecule has 1 aromatic carbocycles. The van der Waals surface area contributed by atoms with E-state index in [-0.39, 0.29) is 11.8 Å². The lowest BCUT2D eigenvalue weighted by molar-refractivity contribution is 0.409. The van der Waals surface area contributed by atoms with Gasteiger partial charge in [0.05, 0.1) is 5.75 Å². The van der Waals surface area contributed by atoms with Gasteiger partial charge in [-0.15, -0.1) is 0 Å². The molecular weight excluding hydrogens is 290 g/mol. The topological polar surface area (TPSA) is 37.4 Å². The van der Waals surface area contributed by atoms with Gasteiger partial charge < -0.3 is 0 Å². The van der Waals surface area contributed by atoms with Crippen LogP contribution in [0.5, 0.6) is 0 Å². The number of benzene rings is 1. The van der Waals surface area contributed by atoms with Crippen molar-refractivity contribution in [2.24, 2.45) is 0 Å².